The molecule has 220 valence electrons. The lowest BCUT2D eigenvalue weighted by molar-refractivity contribution is -0.169. The van der Waals surface area contributed by atoms with Crippen molar-refractivity contribution in [2.75, 3.05) is 26.2 Å². The fourth-order valence-electron chi connectivity index (χ4n) is 5.80. The number of nitrogens with one attached hydrogen (secondary N) is 2. The molecule has 2 aromatic carbocycles. The third kappa shape index (κ3) is 7.77. The number of ether oxygens (including phenoxy) is 2. The van der Waals surface area contributed by atoms with Gasteiger partial charge < -0.3 is 25.2 Å². The molecule has 2 fully saturated rings. The van der Waals surface area contributed by atoms with E-state index in [1.54, 1.807) is 6.92 Å². The first kappa shape index (κ1) is 30.8. The van der Waals surface area contributed by atoms with Crippen molar-refractivity contribution in [1.82, 2.24) is 10.6 Å². The molecule has 2 heterocycles. The Morgan fingerprint density at radius 2 is 1.49 bits per heavy atom. The highest BCUT2D eigenvalue weighted by atomic mass is 16.6. The summed E-state index contributed by atoms with van der Waals surface area (Å²) in [7, 11) is 0. The number of esters is 2. The van der Waals surface area contributed by atoms with Crippen LogP contribution in [0.15, 0.2) is 54.6 Å². The molecule has 0 spiro atoms. The smallest absolute Gasteiger partial charge is 0.385 e. The quantitative estimate of drug-likeness (QED) is 0.233. The Bertz CT molecular complexity index is 1230. The molecule has 0 bridgehead atoms. The Balaban J connectivity index is 1.54. The van der Waals surface area contributed by atoms with Gasteiger partial charge in [0.15, 0.2) is 0 Å². The second kappa shape index (κ2) is 13.7. The van der Waals surface area contributed by atoms with E-state index in [9.17, 15) is 14.7 Å². The number of benzene rings is 2. The Morgan fingerprint density at radius 1 is 0.902 bits per heavy atom. The maximum absolute atomic E-state index is 13.1. The number of aliphatic hydroxyl groups is 1. The van der Waals surface area contributed by atoms with Crippen LogP contribution in [0.2, 0.25) is 0 Å². The average Bonchev–Trinajstić information content (AvgIpc) is 2.99. The largest absolute Gasteiger partial charge is 0.454 e. The zero-order chi connectivity index (χ0) is 29.3. The van der Waals surface area contributed by atoms with Gasteiger partial charge in [-0.05, 0) is 62.6 Å². The normalized spacial score (nSPS) is 20.0. The van der Waals surface area contributed by atoms with Crippen LogP contribution in [0, 0.1) is 11.8 Å². The zero-order valence-electron chi connectivity index (χ0n) is 24.6. The number of rotatable bonds is 9. The number of hydrogen-bond acceptors (Lipinski definition) is 7. The molecule has 4 rings (SSSR count). The predicted molar refractivity (Wildman–Crippen MR) is 159 cm³/mol. The summed E-state index contributed by atoms with van der Waals surface area (Å²) < 4.78 is 12.2. The van der Waals surface area contributed by atoms with Crippen molar-refractivity contribution in [2.24, 2.45) is 0 Å². The van der Waals surface area contributed by atoms with Crippen LogP contribution in [0.25, 0.3) is 0 Å². The van der Waals surface area contributed by atoms with Crippen molar-refractivity contribution in [3.05, 3.63) is 71.3 Å². The maximum Gasteiger partial charge on any atom is 0.385 e. The first-order valence-electron chi connectivity index (χ1n) is 15.0. The molecule has 41 heavy (non-hydrogen) atoms. The summed E-state index contributed by atoms with van der Waals surface area (Å²) in [6, 6.07) is 18.0. The van der Waals surface area contributed by atoms with E-state index >= 15 is 0 Å². The fraction of sp³-hybridized carbons (Fsp3) is 0.529. The molecule has 2 unspecified atom stereocenters. The molecule has 2 aliphatic heterocycles. The third-order valence-electron chi connectivity index (χ3n) is 8.58. The molecule has 0 saturated carbocycles. The minimum atomic E-state index is -1.10. The topological polar surface area (TPSA) is 96.9 Å². The molecule has 0 amide bonds. The highest BCUT2D eigenvalue weighted by molar-refractivity contribution is 5.89. The van der Waals surface area contributed by atoms with Gasteiger partial charge in [0.2, 0.25) is 0 Å². The van der Waals surface area contributed by atoms with Crippen LogP contribution >= 0.6 is 0 Å². The average molecular weight is 561 g/mol. The van der Waals surface area contributed by atoms with E-state index in [-0.39, 0.29) is 12.3 Å². The van der Waals surface area contributed by atoms with Gasteiger partial charge in [-0.1, -0.05) is 74.4 Å². The molecular formula is C34H44N2O5. The summed E-state index contributed by atoms with van der Waals surface area (Å²) in [4.78, 5) is 26.0. The van der Waals surface area contributed by atoms with E-state index in [2.05, 4.69) is 28.5 Å². The fourth-order valence-corrected chi connectivity index (χ4v) is 5.80. The SMILES string of the molecule is CCC(C#CC(=O)OC1(c2ccccc2)CCNCC1)c1cccc(C2(OC(=O)CC(C)(O)CC)CCNCC2)c1. The summed E-state index contributed by atoms with van der Waals surface area (Å²) in [6.45, 7) is 8.56. The van der Waals surface area contributed by atoms with Gasteiger partial charge in [-0.15, -0.1) is 0 Å². The van der Waals surface area contributed by atoms with Crippen LogP contribution in [0.3, 0.4) is 0 Å². The predicted octanol–water partition coefficient (Wildman–Crippen LogP) is 4.68. The minimum Gasteiger partial charge on any atom is -0.454 e. The molecule has 2 aromatic rings. The summed E-state index contributed by atoms with van der Waals surface area (Å²) in [6.07, 6.45) is 3.81. The molecule has 2 atom stereocenters. The standard InChI is InChI=1S/C34H44N2O5/c1-4-26(14-15-30(37)40-33(16-20-35-21-17-33)28-11-7-6-8-12-28)27-10-9-13-29(24-27)34(18-22-36-23-19-34)41-31(38)25-32(3,39)5-2/h6-13,24,26,35-36,39H,4-5,16-23,25H2,1-3H3. The van der Waals surface area contributed by atoms with Crippen LogP contribution in [0.5, 0.6) is 0 Å². The Hall–Kier alpha value is -3.18. The van der Waals surface area contributed by atoms with E-state index in [0.717, 1.165) is 42.9 Å². The van der Waals surface area contributed by atoms with Gasteiger partial charge in [-0.3, -0.25) is 4.79 Å². The highest BCUT2D eigenvalue weighted by Crippen LogP contribution is 2.38. The van der Waals surface area contributed by atoms with E-state index in [4.69, 9.17) is 9.47 Å². The number of piperidine rings is 2. The second-order valence-corrected chi connectivity index (χ2v) is 11.6. The maximum atomic E-state index is 13.1. The Morgan fingerprint density at radius 3 is 2.07 bits per heavy atom. The lowest BCUT2D eigenvalue weighted by atomic mass is 9.82. The lowest BCUT2D eigenvalue weighted by Gasteiger charge is -2.38. The van der Waals surface area contributed by atoms with Crippen LogP contribution in [0.1, 0.15) is 88.3 Å². The van der Waals surface area contributed by atoms with Crippen molar-refractivity contribution < 1.29 is 24.2 Å². The molecule has 7 heteroatoms. The minimum absolute atomic E-state index is 0.0515. The first-order valence-corrected chi connectivity index (χ1v) is 15.0. The van der Waals surface area contributed by atoms with Gasteiger partial charge in [-0.2, -0.15) is 0 Å². The molecule has 2 aliphatic rings. The van der Waals surface area contributed by atoms with Crippen LogP contribution in [-0.2, 0) is 30.3 Å². The highest BCUT2D eigenvalue weighted by Gasteiger charge is 2.40. The summed E-state index contributed by atoms with van der Waals surface area (Å²) >= 11 is 0. The van der Waals surface area contributed by atoms with Gasteiger partial charge in [0.25, 0.3) is 0 Å². The van der Waals surface area contributed by atoms with E-state index in [1.807, 2.05) is 62.4 Å². The molecular weight excluding hydrogens is 516 g/mol. The van der Waals surface area contributed by atoms with Crippen molar-refractivity contribution in [2.45, 2.75) is 88.4 Å². The number of hydrogen-bond donors (Lipinski definition) is 3. The van der Waals surface area contributed by atoms with Gasteiger partial charge in [0.1, 0.15) is 11.2 Å². The molecule has 0 radical (unpaired) electrons. The van der Waals surface area contributed by atoms with Crippen LogP contribution in [0.4, 0.5) is 0 Å². The van der Waals surface area contributed by atoms with Gasteiger partial charge in [0.05, 0.1) is 12.0 Å². The van der Waals surface area contributed by atoms with Crippen molar-refractivity contribution in [3.8, 4) is 11.8 Å². The van der Waals surface area contributed by atoms with Crippen LogP contribution in [-0.4, -0.2) is 48.8 Å². The van der Waals surface area contributed by atoms with Crippen molar-refractivity contribution in [3.63, 3.8) is 0 Å². The van der Waals surface area contributed by atoms with E-state index in [0.29, 0.717) is 38.5 Å². The second-order valence-electron chi connectivity index (χ2n) is 11.6. The summed E-state index contributed by atoms with van der Waals surface area (Å²) in [5.74, 6) is 4.87. The van der Waals surface area contributed by atoms with Gasteiger partial charge >= 0.3 is 11.9 Å². The van der Waals surface area contributed by atoms with Gasteiger partial charge in [-0.25, -0.2) is 4.79 Å². The Kier molecular flexibility index (Phi) is 10.2. The molecule has 2 saturated heterocycles. The first-order chi connectivity index (χ1) is 19.7. The zero-order valence-corrected chi connectivity index (χ0v) is 24.6. The van der Waals surface area contributed by atoms with Gasteiger partial charge in [0, 0.05) is 37.5 Å². The van der Waals surface area contributed by atoms with E-state index < -0.39 is 28.7 Å². The molecule has 7 nitrogen and oxygen atoms in total. The number of carbonyl (C=O) groups is 2. The van der Waals surface area contributed by atoms with E-state index in [1.165, 1.54) is 0 Å². The molecule has 3 N–H and O–H groups in total. The van der Waals surface area contributed by atoms with Crippen LogP contribution < -0.4 is 10.6 Å². The summed E-state index contributed by atoms with van der Waals surface area (Å²) in [5, 5.41) is 17.1. The summed E-state index contributed by atoms with van der Waals surface area (Å²) in [5.41, 5.74) is 0.342. The molecule has 0 aromatic heterocycles. The monoisotopic (exact) mass is 560 g/mol. The van der Waals surface area contributed by atoms with Crippen molar-refractivity contribution >= 4 is 11.9 Å². The third-order valence-corrected chi connectivity index (χ3v) is 8.58. The molecule has 0 aliphatic carbocycles. The van der Waals surface area contributed by atoms with Crippen molar-refractivity contribution in [1.29, 1.82) is 0 Å². The lowest BCUT2D eigenvalue weighted by Crippen LogP contribution is -2.44. The Labute approximate surface area is 244 Å². The number of carbonyl (C=O) groups excluding carboxylic acids is 2.